The number of nitrogens with one attached hydrogen (secondary N) is 1. The number of methoxy groups -OCH3 is 1. The number of rotatable bonds is 2. The second kappa shape index (κ2) is 5.03. The molecule has 0 saturated carbocycles. The third kappa shape index (κ3) is 4.30. The second-order valence-electron chi connectivity index (χ2n) is 4.70. The van der Waals surface area contributed by atoms with E-state index in [1.165, 1.54) is 7.11 Å². The third-order valence-electron chi connectivity index (χ3n) is 1.82. The first-order valence-electron chi connectivity index (χ1n) is 5.32. The standard InChI is InChI=1S/C12H18N2O3/c1-8-6-9(10(16-5)13-7-8)14-11(15)17-12(2,3)4/h6-7H,1-5H3,(H,14,15). The maximum atomic E-state index is 11.6. The summed E-state index contributed by atoms with van der Waals surface area (Å²) in [5.41, 5.74) is 0.896. The topological polar surface area (TPSA) is 60.5 Å². The van der Waals surface area contributed by atoms with Crippen LogP contribution in [0.25, 0.3) is 0 Å². The number of nitrogens with zero attached hydrogens (tertiary/aromatic N) is 1. The van der Waals surface area contributed by atoms with Crippen molar-refractivity contribution in [1.29, 1.82) is 0 Å². The van der Waals surface area contributed by atoms with Gasteiger partial charge in [-0.2, -0.15) is 0 Å². The first kappa shape index (κ1) is 13.3. The highest BCUT2D eigenvalue weighted by atomic mass is 16.6. The SMILES string of the molecule is COc1ncc(C)cc1NC(=O)OC(C)(C)C. The van der Waals surface area contributed by atoms with E-state index in [0.29, 0.717) is 11.6 Å². The van der Waals surface area contributed by atoms with E-state index in [9.17, 15) is 4.79 Å². The van der Waals surface area contributed by atoms with Crippen molar-refractivity contribution >= 4 is 11.8 Å². The van der Waals surface area contributed by atoms with Crippen LogP contribution in [0.3, 0.4) is 0 Å². The average molecular weight is 238 g/mol. The number of ether oxygens (including phenoxy) is 2. The van der Waals surface area contributed by atoms with Crippen LogP contribution in [-0.4, -0.2) is 23.8 Å². The van der Waals surface area contributed by atoms with Crippen molar-refractivity contribution in [3.63, 3.8) is 0 Å². The Kier molecular flexibility index (Phi) is 3.93. The lowest BCUT2D eigenvalue weighted by Crippen LogP contribution is -2.27. The quantitative estimate of drug-likeness (QED) is 0.860. The number of amides is 1. The Labute approximate surface area is 101 Å². The molecule has 1 heterocycles. The Morgan fingerprint density at radius 2 is 2.06 bits per heavy atom. The summed E-state index contributed by atoms with van der Waals surface area (Å²) in [6, 6.07) is 1.77. The van der Waals surface area contributed by atoms with E-state index < -0.39 is 11.7 Å². The lowest BCUT2D eigenvalue weighted by Gasteiger charge is -2.20. The van der Waals surface area contributed by atoms with Gasteiger partial charge in [0.1, 0.15) is 11.3 Å². The maximum absolute atomic E-state index is 11.6. The minimum absolute atomic E-state index is 0.362. The highest BCUT2D eigenvalue weighted by molar-refractivity contribution is 5.86. The van der Waals surface area contributed by atoms with Crippen molar-refractivity contribution in [3.8, 4) is 5.88 Å². The van der Waals surface area contributed by atoms with Crippen LogP contribution >= 0.6 is 0 Å². The molecular weight excluding hydrogens is 220 g/mol. The van der Waals surface area contributed by atoms with Crippen molar-refractivity contribution < 1.29 is 14.3 Å². The number of anilines is 1. The first-order valence-corrected chi connectivity index (χ1v) is 5.32. The maximum Gasteiger partial charge on any atom is 0.412 e. The van der Waals surface area contributed by atoms with Gasteiger partial charge in [0.2, 0.25) is 5.88 Å². The number of hydrogen-bond donors (Lipinski definition) is 1. The minimum atomic E-state index is -0.533. The van der Waals surface area contributed by atoms with Crippen molar-refractivity contribution in [2.45, 2.75) is 33.3 Å². The van der Waals surface area contributed by atoms with Crippen LogP contribution in [0.5, 0.6) is 5.88 Å². The van der Waals surface area contributed by atoms with Gasteiger partial charge in [-0.15, -0.1) is 0 Å². The Hall–Kier alpha value is -1.78. The summed E-state index contributed by atoms with van der Waals surface area (Å²) in [5.74, 6) is 0.362. The fraction of sp³-hybridized carbons (Fsp3) is 0.500. The lowest BCUT2D eigenvalue weighted by atomic mass is 10.2. The Morgan fingerprint density at radius 1 is 1.41 bits per heavy atom. The Bertz CT molecular complexity index is 411. The summed E-state index contributed by atoms with van der Waals surface area (Å²) in [5, 5.41) is 2.61. The highest BCUT2D eigenvalue weighted by Gasteiger charge is 2.17. The summed E-state index contributed by atoms with van der Waals surface area (Å²) in [6.45, 7) is 7.29. The molecule has 5 nitrogen and oxygen atoms in total. The smallest absolute Gasteiger partial charge is 0.412 e. The molecule has 0 saturated heterocycles. The fourth-order valence-electron chi connectivity index (χ4n) is 1.22. The zero-order valence-corrected chi connectivity index (χ0v) is 10.8. The molecule has 0 aliphatic carbocycles. The molecule has 0 bridgehead atoms. The van der Waals surface area contributed by atoms with Crippen molar-refractivity contribution in [3.05, 3.63) is 17.8 Å². The van der Waals surface area contributed by atoms with Crippen LogP contribution < -0.4 is 10.1 Å². The molecule has 0 spiro atoms. The summed E-state index contributed by atoms with van der Waals surface area (Å²) in [6.07, 6.45) is 1.14. The molecule has 1 amide bonds. The van der Waals surface area contributed by atoms with Crippen molar-refractivity contribution in [2.75, 3.05) is 12.4 Å². The van der Waals surface area contributed by atoms with E-state index in [1.807, 2.05) is 6.92 Å². The summed E-state index contributed by atoms with van der Waals surface area (Å²) in [4.78, 5) is 15.6. The summed E-state index contributed by atoms with van der Waals surface area (Å²) >= 11 is 0. The van der Waals surface area contributed by atoms with Crippen molar-refractivity contribution in [2.24, 2.45) is 0 Å². The molecule has 5 heteroatoms. The van der Waals surface area contributed by atoms with E-state index in [-0.39, 0.29) is 0 Å². The monoisotopic (exact) mass is 238 g/mol. The first-order chi connectivity index (χ1) is 7.81. The minimum Gasteiger partial charge on any atom is -0.480 e. The van der Waals surface area contributed by atoms with Gasteiger partial charge in [-0.05, 0) is 39.3 Å². The van der Waals surface area contributed by atoms with Crippen LogP contribution in [0.1, 0.15) is 26.3 Å². The number of aromatic nitrogens is 1. The molecule has 0 radical (unpaired) electrons. The molecule has 0 atom stereocenters. The van der Waals surface area contributed by atoms with E-state index >= 15 is 0 Å². The van der Waals surface area contributed by atoms with E-state index in [0.717, 1.165) is 5.56 Å². The normalized spacial score (nSPS) is 10.9. The van der Waals surface area contributed by atoms with E-state index in [2.05, 4.69) is 10.3 Å². The van der Waals surface area contributed by atoms with E-state index in [1.54, 1.807) is 33.0 Å². The lowest BCUT2D eigenvalue weighted by molar-refractivity contribution is 0.0635. The Balaban J connectivity index is 2.80. The predicted molar refractivity (Wildman–Crippen MR) is 65.4 cm³/mol. The molecule has 17 heavy (non-hydrogen) atoms. The average Bonchev–Trinajstić information content (AvgIpc) is 2.14. The molecule has 0 unspecified atom stereocenters. The molecule has 1 aromatic heterocycles. The molecule has 0 aliphatic heterocycles. The van der Waals surface area contributed by atoms with Crippen LogP contribution in [0.4, 0.5) is 10.5 Å². The summed E-state index contributed by atoms with van der Waals surface area (Å²) in [7, 11) is 1.50. The number of pyridine rings is 1. The van der Waals surface area contributed by atoms with Gasteiger partial charge < -0.3 is 9.47 Å². The van der Waals surface area contributed by atoms with Gasteiger partial charge in [0.25, 0.3) is 0 Å². The van der Waals surface area contributed by atoms with Gasteiger partial charge in [0, 0.05) is 6.20 Å². The molecule has 0 aromatic carbocycles. The van der Waals surface area contributed by atoms with Crippen LogP contribution in [0.2, 0.25) is 0 Å². The molecule has 1 N–H and O–H groups in total. The zero-order chi connectivity index (χ0) is 13.1. The van der Waals surface area contributed by atoms with Gasteiger partial charge in [-0.3, -0.25) is 5.32 Å². The molecule has 1 aromatic rings. The molecular formula is C12H18N2O3. The predicted octanol–water partition coefficient (Wildman–Crippen LogP) is 2.75. The largest absolute Gasteiger partial charge is 0.480 e. The van der Waals surface area contributed by atoms with Gasteiger partial charge in [0.15, 0.2) is 0 Å². The number of aryl methyl sites for hydroxylation is 1. The molecule has 0 aliphatic rings. The van der Waals surface area contributed by atoms with Gasteiger partial charge in [-0.25, -0.2) is 9.78 Å². The van der Waals surface area contributed by atoms with Crippen LogP contribution in [-0.2, 0) is 4.74 Å². The van der Waals surface area contributed by atoms with Gasteiger partial charge in [-0.1, -0.05) is 0 Å². The highest BCUT2D eigenvalue weighted by Crippen LogP contribution is 2.22. The van der Waals surface area contributed by atoms with Crippen molar-refractivity contribution in [1.82, 2.24) is 4.98 Å². The summed E-state index contributed by atoms with van der Waals surface area (Å²) < 4.78 is 10.2. The number of carbonyl (C=O) groups excluding carboxylic acids is 1. The number of hydrogen-bond acceptors (Lipinski definition) is 4. The van der Waals surface area contributed by atoms with Crippen LogP contribution in [0.15, 0.2) is 12.3 Å². The van der Waals surface area contributed by atoms with Crippen LogP contribution in [0, 0.1) is 6.92 Å². The molecule has 0 fully saturated rings. The second-order valence-corrected chi connectivity index (χ2v) is 4.70. The van der Waals surface area contributed by atoms with E-state index in [4.69, 9.17) is 9.47 Å². The third-order valence-corrected chi connectivity index (χ3v) is 1.82. The van der Waals surface area contributed by atoms with Gasteiger partial charge in [0.05, 0.1) is 7.11 Å². The molecule has 94 valence electrons. The molecule has 1 rings (SSSR count). The van der Waals surface area contributed by atoms with Gasteiger partial charge >= 0.3 is 6.09 Å². The number of carbonyl (C=O) groups is 1. The Morgan fingerprint density at radius 3 is 2.59 bits per heavy atom. The fourth-order valence-corrected chi connectivity index (χ4v) is 1.22. The zero-order valence-electron chi connectivity index (χ0n) is 10.8.